The van der Waals surface area contributed by atoms with Gasteiger partial charge in [0.1, 0.15) is 11.5 Å². The number of ether oxygens (including phenoxy) is 2. The number of methoxy groups -OCH3 is 2. The Morgan fingerprint density at radius 1 is 0.759 bits per heavy atom. The van der Waals surface area contributed by atoms with Crippen molar-refractivity contribution in [3.8, 4) is 39.7 Å². The van der Waals surface area contributed by atoms with Crippen molar-refractivity contribution in [1.82, 2.24) is 9.78 Å². The molecule has 0 aliphatic heterocycles. The highest BCUT2D eigenvalue weighted by atomic mass is 35.5. The summed E-state index contributed by atoms with van der Waals surface area (Å²) in [7, 11) is 3.29. The molecule has 0 bridgehead atoms. The van der Waals surface area contributed by atoms with E-state index < -0.39 is 0 Å². The van der Waals surface area contributed by atoms with Crippen LogP contribution in [-0.4, -0.2) is 24.0 Å². The van der Waals surface area contributed by atoms with Gasteiger partial charge in [-0.2, -0.15) is 5.10 Å². The molecule has 1 aromatic heterocycles. The third-order valence-corrected chi connectivity index (χ3v) is 5.15. The van der Waals surface area contributed by atoms with Crippen molar-refractivity contribution in [1.29, 1.82) is 0 Å². The van der Waals surface area contributed by atoms with Crippen LogP contribution in [0.5, 0.6) is 11.5 Å². The summed E-state index contributed by atoms with van der Waals surface area (Å²) in [5.74, 6) is 1.48. The average Bonchev–Trinajstić information content (AvgIpc) is 3.18. The number of hydrogen-bond donors (Lipinski definition) is 0. The van der Waals surface area contributed by atoms with Gasteiger partial charge in [-0.05, 0) is 48.5 Å². The molecule has 4 nitrogen and oxygen atoms in total. The van der Waals surface area contributed by atoms with Gasteiger partial charge in [-0.3, -0.25) is 0 Å². The molecule has 0 unspecified atom stereocenters. The Hall–Kier alpha value is -2.95. The van der Waals surface area contributed by atoms with Crippen LogP contribution in [0, 0.1) is 0 Å². The average molecular weight is 425 g/mol. The van der Waals surface area contributed by atoms with Crippen LogP contribution in [-0.2, 0) is 0 Å². The standard InChI is InChI=1S/C23H18Cl2N2O2/c1-28-22-9-5-3-7-16(22)19-14-21(17-8-4-6-10-23(17)29-2)27(26-19)20-12-11-15(24)13-18(20)25/h3-14H,1-2H3. The summed E-state index contributed by atoms with van der Waals surface area (Å²) in [5, 5.41) is 5.92. The third kappa shape index (κ3) is 3.69. The quantitative estimate of drug-likeness (QED) is 0.365. The fourth-order valence-electron chi connectivity index (χ4n) is 3.25. The molecule has 0 aliphatic rings. The van der Waals surface area contributed by atoms with Gasteiger partial charge in [0.05, 0.1) is 36.3 Å². The van der Waals surface area contributed by atoms with Crippen molar-refractivity contribution < 1.29 is 9.47 Å². The molecule has 0 fully saturated rings. The fourth-order valence-corrected chi connectivity index (χ4v) is 3.74. The van der Waals surface area contributed by atoms with Crippen molar-refractivity contribution in [2.45, 2.75) is 0 Å². The monoisotopic (exact) mass is 424 g/mol. The molecular weight excluding hydrogens is 407 g/mol. The predicted octanol–water partition coefficient (Wildman–Crippen LogP) is 6.53. The second-order valence-electron chi connectivity index (χ2n) is 6.32. The molecular formula is C23H18Cl2N2O2. The highest BCUT2D eigenvalue weighted by Gasteiger charge is 2.19. The molecule has 146 valence electrons. The summed E-state index contributed by atoms with van der Waals surface area (Å²) in [6, 6.07) is 22.9. The van der Waals surface area contributed by atoms with E-state index in [1.54, 1.807) is 31.0 Å². The molecule has 0 aliphatic carbocycles. The van der Waals surface area contributed by atoms with E-state index >= 15 is 0 Å². The summed E-state index contributed by atoms with van der Waals surface area (Å²) in [6.45, 7) is 0. The summed E-state index contributed by atoms with van der Waals surface area (Å²) in [6.07, 6.45) is 0. The van der Waals surface area contributed by atoms with Crippen molar-refractivity contribution in [2.24, 2.45) is 0 Å². The minimum Gasteiger partial charge on any atom is -0.496 e. The summed E-state index contributed by atoms with van der Waals surface area (Å²) in [5.41, 5.74) is 4.10. The van der Waals surface area contributed by atoms with Crippen molar-refractivity contribution in [2.75, 3.05) is 14.2 Å². The zero-order chi connectivity index (χ0) is 20.4. The van der Waals surface area contributed by atoms with Crippen molar-refractivity contribution >= 4 is 23.2 Å². The Morgan fingerprint density at radius 2 is 1.38 bits per heavy atom. The highest BCUT2D eigenvalue weighted by Crippen LogP contribution is 2.38. The van der Waals surface area contributed by atoms with Gasteiger partial charge in [0.15, 0.2) is 0 Å². The third-order valence-electron chi connectivity index (χ3n) is 4.61. The van der Waals surface area contributed by atoms with Crippen LogP contribution in [0.25, 0.3) is 28.2 Å². The lowest BCUT2D eigenvalue weighted by atomic mass is 10.1. The number of nitrogens with zero attached hydrogens (tertiary/aromatic N) is 2. The normalized spacial score (nSPS) is 10.8. The molecule has 3 aromatic carbocycles. The van der Waals surface area contributed by atoms with E-state index in [1.807, 2.05) is 60.7 Å². The molecule has 6 heteroatoms. The van der Waals surface area contributed by atoms with Crippen LogP contribution in [0.15, 0.2) is 72.8 Å². The number of aromatic nitrogens is 2. The Balaban J connectivity index is 1.99. The first-order valence-electron chi connectivity index (χ1n) is 8.94. The first kappa shape index (κ1) is 19.4. The first-order valence-corrected chi connectivity index (χ1v) is 9.70. The second kappa shape index (κ2) is 8.19. The summed E-state index contributed by atoms with van der Waals surface area (Å²) in [4.78, 5) is 0. The van der Waals surface area contributed by atoms with Gasteiger partial charge in [-0.25, -0.2) is 4.68 Å². The zero-order valence-corrected chi connectivity index (χ0v) is 17.4. The molecule has 29 heavy (non-hydrogen) atoms. The highest BCUT2D eigenvalue weighted by molar-refractivity contribution is 6.35. The fraction of sp³-hybridized carbons (Fsp3) is 0.0870. The lowest BCUT2D eigenvalue weighted by Crippen LogP contribution is -2.01. The van der Waals surface area contributed by atoms with E-state index in [-0.39, 0.29) is 0 Å². The van der Waals surface area contributed by atoms with E-state index in [2.05, 4.69) is 0 Å². The van der Waals surface area contributed by atoms with E-state index in [4.69, 9.17) is 37.8 Å². The molecule has 0 radical (unpaired) electrons. The molecule has 0 N–H and O–H groups in total. The topological polar surface area (TPSA) is 36.3 Å². The van der Waals surface area contributed by atoms with E-state index in [9.17, 15) is 0 Å². The lowest BCUT2D eigenvalue weighted by molar-refractivity contribution is 0.416. The van der Waals surface area contributed by atoms with Crippen LogP contribution in [0.4, 0.5) is 0 Å². The number of halogens is 2. The van der Waals surface area contributed by atoms with Gasteiger partial charge in [0, 0.05) is 16.1 Å². The molecule has 0 atom stereocenters. The van der Waals surface area contributed by atoms with Gasteiger partial charge < -0.3 is 9.47 Å². The van der Waals surface area contributed by atoms with Crippen LogP contribution in [0.2, 0.25) is 10.0 Å². The molecule has 4 aromatic rings. The largest absolute Gasteiger partial charge is 0.496 e. The predicted molar refractivity (Wildman–Crippen MR) is 118 cm³/mol. The molecule has 0 spiro atoms. The molecule has 0 amide bonds. The van der Waals surface area contributed by atoms with E-state index in [1.165, 1.54) is 0 Å². The van der Waals surface area contributed by atoms with E-state index in [0.717, 1.165) is 39.7 Å². The van der Waals surface area contributed by atoms with Crippen molar-refractivity contribution in [3.63, 3.8) is 0 Å². The Kier molecular flexibility index (Phi) is 5.47. The molecule has 1 heterocycles. The van der Waals surface area contributed by atoms with Crippen LogP contribution in [0.3, 0.4) is 0 Å². The Labute approximate surface area is 179 Å². The number of rotatable bonds is 5. The van der Waals surface area contributed by atoms with Gasteiger partial charge in [0.2, 0.25) is 0 Å². The molecule has 4 rings (SSSR count). The maximum Gasteiger partial charge on any atom is 0.128 e. The smallest absolute Gasteiger partial charge is 0.128 e. The van der Waals surface area contributed by atoms with Gasteiger partial charge >= 0.3 is 0 Å². The molecule has 0 saturated heterocycles. The number of benzene rings is 3. The van der Waals surface area contributed by atoms with Gasteiger partial charge in [-0.1, -0.05) is 47.5 Å². The number of para-hydroxylation sites is 2. The van der Waals surface area contributed by atoms with Gasteiger partial charge in [-0.15, -0.1) is 0 Å². The Morgan fingerprint density at radius 3 is 2.03 bits per heavy atom. The maximum atomic E-state index is 6.51. The lowest BCUT2D eigenvalue weighted by Gasteiger charge is -2.12. The van der Waals surface area contributed by atoms with Crippen LogP contribution >= 0.6 is 23.2 Å². The number of hydrogen-bond acceptors (Lipinski definition) is 3. The first-order chi connectivity index (χ1) is 14.1. The van der Waals surface area contributed by atoms with Crippen molar-refractivity contribution in [3.05, 3.63) is 82.8 Å². The maximum absolute atomic E-state index is 6.51. The summed E-state index contributed by atoms with van der Waals surface area (Å²) < 4.78 is 12.9. The Bertz CT molecular complexity index is 1170. The zero-order valence-electron chi connectivity index (χ0n) is 15.9. The summed E-state index contributed by atoms with van der Waals surface area (Å²) >= 11 is 12.6. The SMILES string of the molecule is COc1ccccc1-c1cc(-c2ccccc2OC)n(-c2ccc(Cl)cc2Cl)n1. The van der Waals surface area contributed by atoms with Gasteiger partial charge in [0.25, 0.3) is 0 Å². The second-order valence-corrected chi connectivity index (χ2v) is 7.17. The minimum absolute atomic E-state index is 0.503. The van der Waals surface area contributed by atoms with E-state index in [0.29, 0.717) is 10.0 Å². The minimum atomic E-state index is 0.503. The van der Waals surface area contributed by atoms with Crippen LogP contribution in [0.1, 0.15) is 0 Å². The van der Waals surface area contributed by atoms with Crippen LogP contribution < -0.4 is 9.47 Å². The molecule has 0 saturated carbocycles.